The molecule has 2 heteroatoms. The zero-order valence-corrected chi connectivity index (χ0v) is 18.8. The van der Waals surface area contributed by atoms with Gasteiger partial charge in [0, 0.05) is 12.0 Å². The van der Waals surface area contributed by atoms with Gasteiger partial charge in [-0.15, -0.1) is 0 Å². The lowest BCUT2D eigenvalue weighted by atomic mass is 9.95. The standard InChI is InChI=1S/C26H35N2/c1-15(2)26-27(16(3)4)23-14-21-11-9-10-12-22(21)25(23)28(26)24-19(7)17(5)13-18(6)20(24)8/h9-13,15-16,23,25H,14H2,1-8H3/q+1/t23-,25+/m1/s1. The van der Waals surface area contributed by atoms with Crippen LogP contribution in [0.4, 0.5) is 5.69 Å². The first kappa shape index (κ1) is 19.2. The minimum atomic E-state index is 0.412. The van der Waals surface area contributed by atoms with Gasteiger partial charge in [0.1, 0.15) is 11.7 Å². The van der Waals surface area contributed by atoms with Crippen LogP contribution >= 0.6 is 0 Å². The van der Waals surface area contributed by atoms with Gasteiger partial charge in [-0.25, -0.2) is 4.90 Å². The molecule has 0 radical (unpaired) electrons. The normalized spacial score (nSPS) is 21.1. The molecule has 148 valence electrons. The molecule has 0 spiro atoms. The van der Waals surface area contributed by atoms with Crippen LogP contribution in [0.5, 0.6) is 0 Å². The zero-order chi connectivity index (χ0) is 20.3. The zero-order valence-electron chi connectivity index (χ0n) is 18.8. The summed E-state index contributed by atoms with van der Waals surface area (Å²) in [5.41, 5.74) is 10.1. The van der Waals surface area contributed by atoms with Gasteiger partial charge >= 0.3 is 0 Å². The van der Waals surface area contributed by atoms with E-state index in [0.717, 1.165) is 6.42 Å². The van der Waals surface area contributed by atoms with Crippen LogP contribution in [0.2, 0.25) is 0 Å². The van der Waals surface area contributed by atoms with E-state index in [1.165, 1.54) is 44.9 Å². The predicted octanol–water partition coefficient (Wildman–Crippen LogP) is 5.88. The lowest BCUT2D eigenvalue weighted by Crippen LogP contribution is -2.38. The van der Waals surface area contributed by atoms with Gasteiger partial charge in [-0.05, 0) is 69.4 Å². The van der Waals surface area contributed by atoms with E-state index < -0.39 is 0 Å². The summed E-state index contributed by atoms with van der Waals surface area (Å²) >= 11 is 0. The molecule has 0 bridgehead atoms. The first-order valence-corrected chi connectivity index (χ1v) is 10.8. The molecule has 0 N–H and O–H groups in total. The van der Waals surface area contributed by atoms with Crippen LogP contribution in [-0.4, -0.2) is 22.5 Å². The Balaban J connectivity index is 2.03. The van der Waals surface area contributed by atoms with Crippen LogP contribution in [0.15, 0.2) is 30.3 Å². The number of hydrogen-bond donors (Lipinski definition) is 0. The molecule has 1 aliphatic carbocycles. The molecule has 2 aliphatic rings. The SMILES string of the molecule is Cc1cc(C)c(C)c(N2C(C(C)C)=[N+](C(C)C)[C@@H]3Cc4ccccc4[C@@H]32)c1C. The summed E-state index contributed by atoms with van der Waals surface area (Å²) in [7, 11) is 0. The van der Waals surface area contributed by atoms with Crippen LogP contribution in [0.1, 0.15) is 67.1 Å². The molecule has 4 rings (SSSR count). The van der Waals surface area contributed by atoms with Crippen molar-refractivity contribution >= 4 is 11.5 Å². The molecule has 1 aliphatic heterocycles. The molecule has 0 unspecified atom stereocenters. The second kappa shape index (κ2) is 6.76. The van der Waals surface area contributed by atoms with Crippen molar-refractivity contribution in [2.75, 3.05) is 4.90 Å². The van der Waals surface area contributed by atoms with Gasteiger partial charge in [0.2, 0.25) is 0 Å². The molecule has 0 saturated carbocycles. The van der Waals surface area contributed by atoms with Crippen molar-refractivity contribution in [3.63, 3.8) is 0 Å². The second-order valence-electron chi connectivity index (χ2n) is 9.41. The fourth-order valence-corrected chi connectivity index (χ4v) is 5.59. The van der Waals surface area contributed by atoms with Crippen LogP contribution in [0.25, 0.3) is 0 Å². The Morgan fingerprint density at radius 3 is 2.11 bits per heavy atom. The Morgan fingerprint density at radius 2 is 1.54 bits per heavy atom. The van der Waals surface area contributed by atoms with E-state index >= 15 is 0 Å². The molecule has 2 atom stereocenters. The molecule has 0 aromatic heterocycles. The van der Waals surface area contributed by atoms with Crippen molar-refractivity contribution in [3.8, 4) is 0 Å². The lowest BCUT2D eigenvalue weighted by molar-refractivity contribution is -0.589. The Bertz CT molecular complexity index is 938. The molecular formula is C26H35N2+. The van der Waals surface area contributed by atoms with Crippen molar-refractivity contribution in [2.24, 2.45) is 5.92 Å². The number of aryl methyl sites for hydroxylation is 2. The largest absolute Gasteiger partial charge is 0.255 e. The molecule has 2 aromatic carbocycles. The lowest BCUT2D eigenvalue weighted by Gasteiger charge is -2.27. The maximum Gasteiger partial charge on any atom is 0.255 e. The van der Waals surface area contributed by atoms with E-state index in [-0.39, 0.29) is 0 Å². The third-order valence-corrected chi connectivity index (χ3v) is 6.95. The van der Waals surface area contributed by atoms with E-state index in [2.05, 4.69) is 95.2 Å². The quantitative estimate of drug-likeness (QED) is 0.607. The van der Waals surface area contributed by atoms with Crippen molar-refractivity contribution < 1.29 is 4.58 Å². The van der Waals surface area contributed by atoms with Crippen LogP contribution in [0.3, 0.4) is 0 Å². The predicted molar refractivity (Wildman–Crippen MR) is 120 cm³/mol. The molecule has 2 aromatic rings. The van der Waals surface area contributed by atoms with E-state index in [1.54, 1.807) is 0 Å². The first-order valence-electron chi connectivity index (χ1n) is 10.8. The van der Waals surface area contributed by atoms with Gasteiger partial charge < -0.3 is 0 Å². The van der Waals surface area contributed by atoms with E-state index in [1.807, 2.05) is 0 Å². The molecule has 0 saturated heterocycles. The summed E-state index contributed by atoms with van der Waals surface area (Å²) in [6.45, 7) is 18.6. The smallest absolute Gasteiger partial charge is 0.255 e. The molecule has 0 fully saturated rings. The summed E-state index contributed by atoms with van der Waals surface area (Å²) < 4.78 is 2.73. The number of benzene rings is 2. The Kier molecular flexibility index (Phi) is 4.64. The van der Waals surface area contributed by atoms with Crippen molar-refractivity contribution in [1.82, 2.24) is 0 Å². The fourth-order valence-electron chi connectivity index (χ4n) is 5.59. The second-order valence-corrected chi connectivity index (χ2v) is 9.41. The first-order chi connectivity index (χ1) is 13.2. The third kappa shape index (κ3) is 2.64. The van der Waals surface area contributed by atoms with Gasteiger partial charge in [-0.2, -0.15) is 0 Å². The van der Waals surface area contributed by atoms with Gasteiger partial charge in [-0.3, -0.25) is 4.58 Å². The highest BCUT2D eigenvalue weighted by molar-refractivity contribution is 6.00. The highest BCUT2D eigenvalue weighted by Crippen LogP contribution is 2.47. The van der Waals surface area contributed by atoms with Gasteiger partial charge in [0.15, 0.2) is 6.04 Å². The van der Waals surface area contributed by atoms with E-state index in [9.17, 15) is 0 Å². The molecule has 1 heterocycles. The van der Waals surface area contributed by atoms with Crippen molar-refractivity contribution in [3.05, 3.63) is 63.7 Å². The number of amidine groups is 1. The summed E-state index contributed by atoms with van der Waals surface area (Å²) in [6, 6.07) is 12.9. The van der Waals surface area contributed by atoms with Crippen molar-refractivity contribution in [1.29, 1.82) is 0 Å². The molecular weight excluding hydrogens is 340 g/mol. The average Bonchev–Trinajstić information content (AvgIpc) is 3.15. The molecule has 0 amide bonds. The highest BCUT2D eigenvalue weighted by Gasteiger charge is 2.55. The fraction of sp³-hybridized carbons (Fsp3) is 0.500. The third-order valence-electron chi connectivity index (χ3n) is 6.95. The van der Waals surface area contributed by atoms with Crippen LogP contribution in [0, 0.1) is 33.6 Å². The van der Waals surface area contributed by atoms with Crippen LogP contribution < -0.4 is 4.90 Å². The number of nitrogens with zero attached hydrogens (tertiary/aromatic N) is 2. The van der Waals surface area contributed by atoms with Crippen LogP contribution in [-0.2, 0) is 6.42 Å². The topological polar surface area (TPSA) is 6.25 Å². The minimum absolute atomic E-state index is 0.412. The Morgan fingerprint density at radius 1 is 0.929 bits per heavy atom. The summed E-state index contributed by atoms with van der Waals surface area (Å²) in [5.74, 6) is 1.98. The Hall–Kier alpha value is -2.09. The summed E-state index contributed by atoms with van der Waals surface area (Å²) in [4.78, 5) is 2.73. The van der Waals surface area contributed by atoms with Gasteiger partial charge in [0.05, 0.1) is 12.0 Å². The monoisotopic (exact) mass is 375 g/mol. The molecule has 2 nitrogen and oxygen atoms in total. The minimum Gasteiger partial charge on any atom is -0.255 e. The maximum atomic E-state index is 2.73. The van der Waals surface area contributed by atoms with Gasteiger partial charge in [-0.1, -0.05) is 44.2 Å². The summed E-state index contributed by atoms with van der Waals surface area (Å²) in [5, 5.41) is 0. The highest BCUT2D eigenvalue weighted by atomic mass is 15.4. The number of rotatable bonds is 3. The van der Waals surface area contributed by atoms with Gasteiger partial charge in [0.25, 0.3) is 5.84 Å². The van der Waals surface area contributed by atoms with E-state index in [4.69, 9.17) is 0 Å². The average molecular weight is 376 g/mol. The maximum absolute atomic E-state index is 2.73. The molecule has 28 heavy (non-hydrogen) atoms. The number of hydrogen-bond acceptors (Lipinski definition) is 1. The van der Waals surface area contributed by atoms with E-state index in [0.29, 0.717) is 24.0 Å². The Labute approximate surface area is 170 Å². The number of anilines is 1. The summed E-state index contributed by atoms with van der Waals surface area (Å²) in [6.07, 6.45) is 1.15. The van der Waals surface area contributed by atoms with Crippen molar-refractivity contribution in [2.45, 2.75) is 79.9 Å². The number of fused-ring (bicyclic) bond motifs is 3.